The van der Waals surface area contributed by atoms with Gasteiger partial charge in [-0.1, -0.05) is 6.07 Å². The smallest absolute Gasteiger partial charge is 0.316 e. The monoisotopic (exact) mass is 412 g/mol. The molecule has 0 aliphatic carbocycles. The molecule has 0 spiro atoms. The van der Waals surface area contributed by atoms with Crippen LogP contribution in [0.4, 0.5) is 5.82 Å². The third-order valence-electron chi connectivity index (χ3n) is 5.29. The van der Waals surface area contributed by atoms with Crippen LogP contribution in [0, 0.1) is 0 Å². The van der Waals surface area contributed by atoms with Gasteiger partial charge in [-0.25, -0.2) is 15.0 Å². The maximum absolute atomic E-state index is 12.5. The molecule has 3 rings (SSSR count). The number of anilines is 1. The highest BCUT2D eigenvalue weighted by Gasteiger charge is 2.20. The normalized spacial score (nSPS) is 13.8. The number of rotatable bonds is 11. The quantitative estimate of drug-likeness (QED) is 0.541. The van der Waals surface area contributed by atoms with Crippen LogP contribution >= 0.6 is 0 Å². The molecule has 2 aromatic heterocycles. The molecule has 1 aliphatic rings. The number of Topliss-reactive ketones (excluding diaryl/α,β-unsaturated/α-hetero) is 1. The number of carboxylic acids is 1. The number of carboxylic acid groups (broad SMARTS) is 1. The summed E-state index contributed by atoms with van der Waals surface area (Å²) >= 11 is 0. The number of hydrogen-bond donors (Lipinski definition) is 2. The number of hydrogen-bond acceptors (Lipinski definition) is 7. The first-order valence-corrected chi connectivity index (χ1v) is 10.4. The molecule has 30 heavy (non-hydrogen) atoms. The topological polar surface area (TPSA) is 114 Å². The second-order valence-electron chi connectivity index (χ2n) is 7.59. The summed E-state index contributed by atoms with van der Waals surface area (Å²) in [6.45, 7) is 0.967. The molecule has 0 fully saturated rings. The van der Waals surface area contributed by atoms with Gasteiger partial charge in [0.25, 0.3) is 0 Å². The molecular formula is C22H28N4O4. The number of nitrogens with zero attached hydrogens (tertiary/aromatic N) is 3. The Kier molecular flexibility index (Phi) is 7.70. The van der Waals surface area contributed by atoms with Gasteiger partial charge in [-0.15, -0.1) is 0 Å². The van der Waals surface area contributed by atoms with Gasteiger partial charge in [0.05, 0.1) is 13.5 Å². The van der Waals surface area contributed by atoms with Crippen LogP contribution in [-0.2, 0) is 22.4 Å². The van der Waals surface area contributed by atoms with Crippen LogP contribution < -0.4 is 10.1 Å². The van der Waals surface area contributed by atoms with Crippen LogP contribution in [0.2, 0.25) is 0 Å². The fraction of sp³-hybridized carbons (Fsp3) is 0.500. The molecule has 3 heterocycles. The Hall–Kier alpha value is -3.03. The molecule has 0 saturated heterocycles. The molecule has 0 saturated carbocycles. The van der Waals surface area contributed by atoms with Gasteiger partial charge in [-0.2, -0.15) is 0 Å². The van der Waals surface area contributed by atoms with Crippen molar-refractivity contribution in [1.29, 1.82) is 0 Å². The summed E-state index contributed by atoms with van der Waals surface area (Å²) in [7, 11) is 1.46. The first-order valence-electron chi connectivity index (χ1n) is 10.4. The Morgan fingerprint density at radius 2 is 2.00 bits per heavy atom. The molecule has 2 aromatic rings. The van der Waals surface area contributed by atoms with Crippen LogP contribution in [0.3, 0.4) is 0 Å². The molecule has 8 nitrogen and oxygen atoms in total. The van der Waals surface area contributed by atoms with E-state index in [0.29, 0.717) is 12.0 Å². The number of ether oxygens (including phenoxy) is 1. The second kappa shape index (κ2) is 10.7. The van der Waals surface area contributed by atoms with Crippen molar-refractivity contribution >= 4 is 17.6 Å². The van der Waals surface area contributed by atoms with Gasteiger partial charge < -0.3 is 15.2 Å². The van der Waals surface area contributed by atoms with Crippen LogP contribution in [0.25, 0.3) is 0 Å². The van der Waals surface area contributed by atoms with E-state index < -0.39 is 11.9 Å². The zero-order valence-electron chi connectivity index (χ0n) is 17.3. The molecule has 160 valence electrons. The van der Waals surface area contributed by atoms with E-state index in [1.165, 1.54) is 25.1 Å². The largest absolute Gasteiger partial charge is 0.481 e. The van der Waals surface area contributed by atoms with E-state index in [1.807, 2.05) is 0 Å². The number of carbonyl (C=O) groups is 2. The Morgan fingerprint density at radius 1 is 1.20 bits per heavy atom. The van der Waals surface area contributed by atoms with Crippen molar-refractivity contribution in [3.63, 3.8) is 0 Å². The molecule has 1 atom stereocenters. The zero-order chi connectivity index (χ0) is 21.3. The Labute approximate surface area is 176 Å². The molecule has 0 unspecified atom stereocenters. The molecule has 0 bridgehead atoms. The molecular weight excluding hydrogens is 384 g/mol. The minimum Gasteiger partial charge on any atom is -0.481 e. The number of aryl methyl sites for hydroxylation is 2. The number of unbranched alkanes of at least 4 members (excludes halogenated alkanes) is 1. The van der Waals surface area contributed by atoms with Gasteiger partial charge in [-0.3, -0.25) is 9.59 Å². The van der Waals surface area contributed by atoms with Gasteiger partial charge >= 0.3 is 12.0 Å². The fourth-order valence-electron chi connectivity index (χ4n) is 3.67. The van der Waals surface area contributed by atoms with Gasteiger partial charge in [0.2, 0.25) is 0 Å². The number of ketones is 1. The fourth-order valence-corrected chi connectivity index (χ4v) is 3.67. The second-order valence-corrected chi connectivity index (χ2v) is 7.59. The van der Waals surface area contributed by atoms with Crippen LogP contribution in [-0.4, -0.2) is 45.5 Å². The van der Waals surface area contributed by atoms with Crippen molar-refractivity contribution in [3.8, 4) is 6.01 Å². The van der Waals surface area contributed by atoms with E-state index in [4.69, 9.17) is 4.74 Å². The highest BCUT2D eigenvalue weighted by molar-refractivity contribution is 5.80. The van der Waals surface area contributed by atoms with E-state index in [-0.39, 0.29) is 24.6 Å². The lowest BCUT2D eigenvalue weighted by molar-refractivity contribution is -0.137. The summed E-state index contributed by atoms with van der Waals surface area (Å²) in [5.74, 6) is -0.338. The number of nitrogens with one attached hydrogen (secondary N) is 1. The van der Waals surface area contributed by atoms with Gasteiger partial charge in [0.1, 0.15) is 11.6 Å². The van der Waals surface area contributed by atoms with E-state index in [9.17, 15) is 14.7 Å². The molecule has 0 aromatic carbocycles. The summed E-state index contributed by atoms with van der Waals surface area (Å²) in [6.07, 6.45) is 8.18. The highest BCUT2D eigenvalue weighted by Crippen LogP contribution is 2.25. The predicted octanol–water partition coefficient (Wildman–Crippen LogP) is 3.17. The highest BCUT2D eigenvalue weighted by atomic mass is 16.5. The van der Waals surface area contributed by atoms with Gasteiger partial charge in [0.15, 0.2) is 0 Å². The summed E-state index contributed by atoms with van der Waals surface area (Å²) in [5, 5.41) is 12.5. The standard InChI is InChI=1S/C22H28N4O4/c1-30-22-24-13-17(14-25-22)16(12-20(28)29)11-19(27)7-3-2-6-18-9-8-15-5-4-10-23-21(15)26-18/h8-9,13-14,16H,2-7,10-12H2,1H3,(H,23,26)(H,28,29)/t16-/m0/s1. The Balaban J connectivity index is 1.47. The average molecular weight is 412 g/mol. The number of aromatic nitrogens is 3. The average Bonchev–Trinajstić information content (AvgIpc) is 2.76. The number of pyridine rings is 1. The van der Waals surface area contributed by atoms with Crippen LogP contribution in [0.5, 0.6) is 6.01 Å². The molecule has 0 amide bonds. The van der Waals surface area contributed by atoms with E-state index in [0.717, 1.165) is 50.2 Å². The minimum atomic E-state index is -0.948. The first kappa shape index (κ1) is 21.7. The van der Waals surface area contributed by atoms with Crippen molar-refractivity contribution in [1.82, 2.24) is 15.0 Å². The number of carbonyl (C=O) groups excluding carboxylic acids is 1. The Morgan fingerprint density at radius 3 is 2.73 bits per heavy atom. The SMILES string of the molecule is COc1ncc([C@H](CC(=O)O)CC(=O)CCCCc2ccc3c(n2)NCCC3)cn1. The van der Waals surface area contributed by atoms with Crippen LogP contribution in [0.1, 0.15) is 61.3 Å². The van der Waals surface area contributed by atoms with Crippen molar-refractivity contribution < 1.29 is 19.4 Å². The van der Waals surface area contributed by atoms with E-state index in [1.54, 1.807) is 0 Å². The van der Waals surface area contributed by atoms with E-state index >= 15 is 0 Å². The van der Waals surface area contributed by atoms with Crippen molar-refractivity contribution in [2.45, 2.75) is 57.3 Å². The van der Waals surface area contributed by atoms with E-state index in [2.05, 4.69) is 32.4 Å². The number of aliphatic carboxylic acids is 1. The zero-order valence-corrected chi connectivity index (χ0v) is 17.3. The maximum atomic E-state index is 12.5. The predicted molar refractivity (Wildman–Crippen MR) is 112 cm³/mol. The van der Waals surface area contributed by atoms with Crippen molar-refractivity contribution in [2.24, 2.45) is 0 Å². The number of fused-ring (bicyclic) bond motifs is 1. The first-order chi connectivity index (χ1) is 14.5. The lowest BCUT2D eigenvalue weighted by atomic mass is 9.91. The number of methoxy groups -OCH3 is 1. The molecule has 1 aliphatic heterocycles. The summed E-state index contributed by atoms with van der Waals surface area (Å²) in [6, 6.07) is 4.42. The molecule has 0 radical (unpaired) electrons. The van der Waals surface area contributed by atoms with Crippen LogP contribution in [0.15, 0.2) is 24.5 Å². The Bertz CT molecular complexity index is 870. The molecule has 8 heteroatoms. The summed E-state index contributed by atoms with van der Waals surface area (Å²) < 4.78 is 4.93. The lowest BCUT2D eigenvalue weighted by Gasteiger charge is -2.17. The molecule has 2 N–H and O–H groups in total. The van der Waals surface area contributed by atoms with Crippen molar-refractivity contribution in [3.05, 3.63) is 41.3 Å². The summed E-state index contributed by atoms with van der Waals surface area (Å²) in [5.41, 5.74) is 2.94. The lowest BCUT2D eigenvalue weighted by Crippen LogP contribution is -2.14. The van der Waals surface area contributed by atoms with Gasteiger partial charge in [0, 0.05) is 43.4 Å². The van der Waals surface area contributed by atoms with Crippen molar-refractivity contribution in [2.75, 3.05) is 19.0 Å². The summed E-state index contributed by atoms with van der Waals surface area (Å²) in [4.78, 5) is 36.4. The third kappa shape index (κ3) is 6.23. The third-order valence-corrected chi connectivity index (χ3v) is 5.29. The minimum absolute atomic E-state index is 0.0529. The van der Waals surface area contributed by atoms with Gasteiger partial charge in [-0.05, 0) is 49.3 Å². The maximum Gasteiger partial charge on any atom is 0.316 e.